The molecule has 0 aliphatic rings. The van der Waals surface area contributed by atoms with Gasteiger partial charge in [-0.15, -0.1) is 0 Å². The van der Waals surface area contributed by atoms with Crippen molar-refractivity contribution >= 4 is 0 Å². The smallest absolute Gasteiger partial charge is 0.123 e. The average molecular weight is 277 g/mol. The normalized spacial score (nSPS) is 10.7. The zero-order valence-corrected chi connectivity index (χ0v) is 13.3. The molecule has 20 heavy (non-hydrogen) atoms. The molecule has 0 fully saturated rings. The van der Waals surface area contributed by atoms with E-state index in [0.29, 0.717) is 0 Å². The molecule has 2 heteroatoms. The fourth-order valence-corrected chi connectivity index (χ4v) is 2.26. The van der Waals surface area contributed by atoms with Crippen LogP contribution in [0, 0.1) is 0 Å². The number of ether oxygens (including phenoxy) is 1. The van der Waals surface area contributed by atoms with Gasteiger partial charge in [0.15, 0.2) is 0 Å². The summed E-state index contributed by atoms with van der Waals surface area (Å²) < 4.78 is 5.77. The summed E-state index contributed by atoms with van der Waals surface area (Å²) in [6.45, 7) is 7.22. The Kier molecular flexibility index (Phi) is 10.0. The van der Waals surface area contributed by atoms with Gasteiger partial charge in [0.1, 0.15) is 5.75 Å². The third kappa shape index (κ3) is 7.54. The molecule has 0 amide bonds. The zero-order chi connectivity index (χ0) is 14.5. The van der Waals surface area contributed by atoms with Gasteiger partial charge >= 0.3 is 0 Å². The van der Waals surface area contributed by atoms with Crippen molar-refractivity contribution in [3.63, 3.8) is 0 Å². The Labute approximate surface area is 124 Å². The van der Waals surface area contributed by atoms with Crippen LogP contribution in [0.15, 0.2) is 24.3 Å². The quantitative estimate of drug-likeness (QED) is 0.547. The van der Waals surface area contributed by atoms with Crippen LogP contribution in [0.5, 0.6) is 5.75 Å². The lowest BCUT2D eigenvalue weighted by Crippen LogP contribution is -2.15. The first-order chi connectivity index (χ1) is 9.88. The number of unbranched alkanes of at least 4 members (excludes halogenated alkanes) is 5. The van der Waals surface area contributed by atoms with Gasteiger partial charge in [-0.25, -0.2) is 0 Å². The molecule has 0 saturated heterocycles. The lowest BCUT2D eigenvalue weighted by Gasteiger charge is -2.11. The second-order valence-corrected chi connectivity index (χ2v) is 5.40. The summed E-state index contributed by atoms with van der Waals surface area (Å²) in [7, 11) is 0. The number of hydrogen-bond donors (Lipinski definition) is 1. The van der Waals surface area contributed by atoms with Gasteiger partial charge in [0.25, 0.3) is 0 Å². The molecule has 0 atom stereocenters. The Morgan fingerprint density at radius 2 is 1.65 bits per heavy atom. The Hall–Kier alpha value is -1.02. The molecule has 0 aliphatic heterocycles. The summed E-state index contributed by atoms with van der Waals surface area (Å²) in [6.07, 6.45) is 9.17. The highest BCUT2D eigenvalue weighted by atomic mass is 16.5. The Morgan fingerprint density at radius 3 is 2.45 bits per heavy atom. The number of hydrogen-bond acceptors (Lipinski definition) is 2. The van der Waals surface area contributed by atoms with Gasteiger partial charge in [0.05, 0.1) is 6.61 Å². The van der Waals surface area contributed by atoms with E-state index in [9.17, 15) is 0 Å². The van der Waals surface area contributed by atoms with Crippen LogP contribution in [0.25, 0.3) is 0 Å². The van der Waals surface area contributed by atoms with Gasteiger partial charge in [-0.1, -0.05) is 64.2 Å². The van der Waals surface area contributed by atoms with Gasteiger partial charge in [-0.05, 0) is 25.5 Å². The minimum atomic E-state index is 0.800. The van der Waals surface area contributed by atoms with Gasteiger partial charge in [-0.2, -0.15) is 0 Å². The predicted octanol–water partition coefficient (Wildman–Crippen LogP) is 4.93. The first kappa shape index (κ1) is 17.0. The standard InChI is InChI=1S/C18H31NO/c1-3-5-6-7-8-11-14-19-16-17-12-9-10-13-18(17)20-15-4-2/h9-10,12-13,19H,3-8,11,14-16H2,1-2H3. The van der Waals surface area contributed by atoms with Gasteiger partial charge < -0.3 is 10.1 Å². The molecular weight excluding hydrogens is 246 g/mol. The van der Waals surface area contributed by atoms with Crippen LogP contribution < -0.4 is 10.1 Å². The number of para-hydroxylation sites is 1. The molecule has 1 N–H and O–H groups in total. The van der Waals surface area contributed by atoms with E-state index in [4.69, 9.17) is 4.74 Å². The van der Waals surface area contributed by atoms with E-state index in [1.165, 1.54) is 44.1 Å². The van der Waals surface area contributed by atoms with Crippen molar-refractivity contribution in [2.75, 3.05) is 13.2 Å². The topological polar surface area (TPSA) is 21.3 Å². The van der Waals surface area contributed by atoms with Crippen LogP contribution >= 0.6 is 0 Å². The molecule has 0 aliphatic carbocycles. The Balaban J connectivity index is 2.15. The lowest BCUT2D eigenvalue weighted by atomic mass is 10.1. The fourth-order valence-electron chi connectivity index (χ4n) is 2.26. The molecule has 0 aromatic heterocycles. The summed E-state index contributed by atoms with van der Waals surface area (Å²) in [5.41, 5.74) is 1.27. The molecule has 1 aromatic rings. The Morgan fingerprint density at radius 1 is 0.900 bits per heavy atom. The molecule has 0 bridgehead atoms. The van der Waals surface area contributed by atoms with Crippen LogP contribution in [0.1, 0.15) is 64.4 Å². The monoisotopic (exact) mass is 277 g/mol. The fraction of sp³-hybridized carbons (Fsp3) is 0.667. The Bertz CT molecular complexity index is 338. The van der Waals surface area contributed by atoms with Crippen LogP contribution in [-0.2, 0) is 6.54 Å². The summed E-state index contributed by atoms with van der Waals surface area (Å²) in [5.74, 6) is 1.03. The van der Waals surface area contributed by atoms with Gasteiger partial charge in [0, 0.05) is 12.1 Å². The van der Waals surface area contributed by atoms with Crippen molar-refractivity contribution in [2.45, 2.75) is 65.3 Å². The summed E-state index contributed by atoms with van der Waals surface area (Å²) in [6, 6.07) is 8.35. The van der Waals surface area contributed by atoms with Crippen LogP contribution in [0.2, 0.25) is 0 Å². The summed E-state index contributed by atoms with van der Waals surface area (Å²) in [4.78, 5) is 0. The molecule has 2 nitrogen and oxygen atoms in total. The average Bonchev–Trinajstić information content (AvgIpc) is 2.49. The van der Waals surface area contributed by atoms with E-state index in [1.54, 1.807) is 0 Å². The SMILES string of the molecule is CCCCCCCCNCc1ccccc1OCCC. The van der Waals surface area contributed by atoms with Crippen molar-refractivity contribution in [2.24, 2.45) is 0 Å². The molecule has 0 heterocycles. The third-order valence-electron chi connectivity index (χ3n) is 3.46. The van der Waals surface area contributed by atoms with Crippen molar-refractivity contribution in [1.29, 1.82) is 0 Å². The molecule has 0 unspecified atom stereocenters. The molecule has 0 saturated carbocycles. The van der Waals surface area contributed by atoms with E-state index in [2.05, 4.69) is 37.4 Å². The minimum absolute atomic E-state index is 0.800. The zero-order valence-electron chi connectivity index (χ0n) is 13.3. The van der Waals surface area contributed by atoms with E-state index in [1.807, 2.05) is 6.07 Å². The van der Waals surface area contributed by atoms with E-state index in [0.717, 1.165) is 31.9 Å². The number of nitrogens with one attached hydrogen (secondary N) is 1. The molecule has 1 rings (SSSR count). The minimum Gasteiger partial charge on any atom is -0.493 e. The molecule has 1 aromatic carbocycles. The van der Waals surface area contributed by atoms with E-state index < -0.39 is 0 Å². The van der Waals surface area contributed by atoms with Gasteiger partial charge in [0.2, 0.25) is 0 Å². The highest BCUT2D eigenvalue weighted by molar-refractivity contribution is 5.33. The van der Waals surface area contributed by atoms with Crippen molar-refractivity contribution < 1.29 is 4.74 Å². The first-order valence-electron chi connectivity index (χ1n) is 8.30. The number of benzene rings is 1. The van der Waals surface area contributed by atoms with E-state index in [-0.39, 0.29) is 0 Å². The van der Waals surface area contributed by atoms with Crippen molar-refractivity contribution in [1.82, 2.24) is 5.32 Å². The predicted molar refractivity (Wildman–Crippen MR) is 87.3 cm³/mol. The lowest BCUT2D eigenvalue weighted by molar-refractivity contribution is 0.313. The summed E-state index contributed by atoms with van der Waals surface area (Å²) >= 11 is 0. The maximum Gasteiger partial charge on any atom is 0.123 e. The molecule has 0 spiro atoms. The van der Waals surface area contributed by atoms with Gasteiger partial charge in [-0.3, -0.25) is 0 Å². The largest absolute Gasteiger partial charge is 0.493 e. The van der Waals surface area contributed by atoms with Crippen LogP contribution in [0.3, 0.4) is 0 Å². The van der Waals surface area contributed by atoms with Crippen molar-refractivity contribution in [3.8, 4) is 5.75 Å². The number of rotatable bonds is 12. The second-order valence-electron chi connectivity index (χ2n) is 5.40. The summed E-state index contributed by atoms with van der Waals surface area (Å²) in [5, 5.41) is 3.53. The molecule has 0 radical (unpaired) electrons. The molecule has 114 valence electrons. The third-order valence-corrected chi connectivity index (χ3v) is 3.46. The van der Waals surface area contributed by atoms with Crippen molar-refractivity contribution in [3.05, 3.63) is 29.8 Å². The van der Waals surface area contributed by atoms with Crippen LogP contribution in [0.4, 0.5) is 0 Å². The first-order valence-corrected chi connectivity index (χ1v) is 8.30. The highest BCUT2D eigenvalue weighted by Crippen LogP contribution is 2.17. The molecular formula is C18H31NO. The maximum absolute atomic E-state index is 5.77. The maximum atomic E-state index is 5.77. The van der Waals surface area contributed by atoms with Crippen LogP contribution in [-0.4, -0.2) is 13.2 Å². The highest BCUT2D eigenvalue weighted by Gasteiger charge is 2.01. The van der Waals surface area contributed by atoms with E-state index >= 15 is 0 Å². The second kappa shape index (κ2) is 11.8.